The fraction of sp³-hybridized carbons (Fsp3) is 0.0482. The number of benzene rings is 10. The van der Waals surface area contributed by atoms with E-state index in [4.69, 9.17) is 20.0 Å². The van der Waals surface area contributed by atoms with Crippen LogP contribution in [-0.2, 0) is 12.4 Å². The summed E-state index contributed by atoms with van der Waals surface area (Å²) < 4.78 is 100.0. The first-order chi connectivity index (χ1) is 46.8. The number of aromatic nitrogens is 4. The second-order valence-corrected chi connectivity index (χ2v) is 23.8. The number of rotatable bonds is 9. The normalized spacial score (nSPS) is 14.6. The van der Waals surface area contributed by atoms with Gasteiger partial charge in [0.15, 0.2) is 0 Å². The molecule has 0 saturated heterocycles. The molecule has 2 aliphatic rings. The maximum Gasteiger partial charge on any atom is 0.417 e. The first kappa shape index (κ1) is 58.8. The van der Waals surface area contributed by atoms with Crippen LogP contribution in [0.3, 0.4) is 0 Å². The summed E-state index contributed by atoms with van der Waals surface area (Å²) in [5.74, 6) is 0. The largest absolute Gasteiger partial charge is 0.417 e. The Hall–Kier alpha value is -12.3. The molecule has 0 unspecified atom stereocenters. The fourth-order valence-corrected chi connectivity index (χ4v) is 13.6. The highest BCUT2D eigenvalue weighted by atomic mass is 19.4. The van der Waals surface area contributed by atoms with Gasteiger partial charge in [-0.1, -0.05) is 182 Å². The summed E-state index contributed by atoms with van der Waals surface area (Å²) in [5.41, 5.74) is 8.68. The molecule has 0 bridgehead atoms. The monoisotopic (exact) mass is 1260 g/mol. The van der Waals surface area contributed by atoms with Crippen LogP contribution in [0, 0.1) is 11.3 Å². The fourth-order valence-electron chi connectivity index (χ4n) is 13.6. The van der Waals surface area contributed by atoms with E-state index in [2.05, 4.69) is 6.07 Å². The lowest BCUT2D eigenvalue weighted by molar-refractivity contribution is -0.142. The maximum atomic E-state index is 16.1. The van der Waals surface area contributed by atoms with Crippen LogP contribution in [0.25, 0.3) is 133 Å². The molecule has 0 saturated carbocycles. The molecule has 0 radical (unpaired) electrons. The molecule has 7 nitrogen and oxygen atoms in total. The van der Waals surface area contributed by atoms with Gasteiger partial charge >= 0.3 is 12.4 Å². The van der Waals surface area contributed by atoms with Gasteiger partial charge in [-0.3, -0.25) is 20.0 Å². The molecule has 460 valence electrons. The van der Waals surface area contributed by atoms with Gasteiger partial charge in [0, 0.05) is 92.6 Å². The highest BCUT2D eigenvalue weighted by Gasteiger charge is 2.42. The van der Waals surface area contributed by atoms with Crippen molar-refractivity contribution in [2.75, 3.05) is 0 Å². The zero-order valence-corrected chi connectivity index (χ0v) is 50.9. The van der Waals surface area contributed by atoms with Gasteiger partial charge in [-0.25, -0.2) is 0 Å². The van der Waals surface area contributed by atoms with E-state index in [1.54, 1.807) is 17.0 Å². The molecular formula is C83H51F6N7. The number of aliphatic imine (C=N–C) groups is 2. The smallest absolute Gasteiger partial charge is 0.308 e. The highest BCUT2D eigenvalue weighted by Crippen LogP contribution is 2.50. The van der Waals surface area contributed by atoms with E-state index in [-0.39, 0.29) is 16.9 Å². The zero-order chi connectivity index (χ0) is 65.2. The predicted octanol–water partition coefficient (Wildman–Crippen LogP) is 20.2. The quantitative estimate of drug-likeness (QED) is 0.135. The van der Waals surface area contributed by atoms with Crippen LogP contribution in [0.5, 0.6) is 0 Å². The van der Waals surface area contributed by atoms with E-state index in [0.29, 0.717) is 69.2 Å². The molecular weight excluding hydrogens is 1210 g/mol. The molecule has 0 aliphatic carbocycles. The van der Waals surface area contributed by atoms with Gasteiger partial charge in [-0.15, -0.1) is 0 Å². The molecule has 96 heavy (non-hydrogen) atoms. The molecule has 6 heterocycles. The number of hydrogen-bond donors (Lipinski definition) is 0. The number of hydrogen-bond acceptors (Lipinski definition) is 5. The van der Waals surface area contributed by atoms with Crippen LogP contribution in [0.1, 0.15) is 40.7 Å². The summed E-state index contributed by atoms with van der Waals surface area (Å²) in [5, 5.41) is 16.7. The van der Waals surface area contributed by atoms with Gasteiger partial charge in [-0.2, -0.15) is 31.6 Å². The third-order valence-corrected chi connectivity index (χ3v) is 18.1. The van der Waals surface area contributed by atoms with E-state index in [1.165, 1.54) is 12.1 Å². The second-order valence-electron chi connectivity index (χ2n) is 23.8. The molecule has 0 N–H and O–H groups in total. The molecule has 0 atom stereocenters. The average Bonchev–Trinajstić information content (AvgIpc) is 1.50. The van der Waals surface area contributed by atoms with Crippen molar-refractivity contribution in [1.29, 1.82) is 5.26 Å². The Morgan fingerprint density at radius 1 is 0.375 bits per heavy atom. The molecule has 14 aromatic rings. The van der Waals surface area contributed by atoms with Crippen molar-refractivity contribution in [2.45, 2.75) is 25.2 Å². The van der Waals surface area contributed by atoms with E-state index in [9.17, 15) is 5.26 Å². The van der Waals surface area contributed by atoms with E-state index >= 15 is 26.3 Å². The van der Waals surface area contributed by atoms with Crippen molar-refractivity contribution in [3.05, 3.63) is 312 Å². The minimum Gasteiger partial charge on any atom is -0.308 e. The molecule has 4 aromatic heterocycles. The second kappa shape index (κ2) is 23.7. The summed E-state index contributed by atoms with van der Waals surface area (Å²) in [7, 11) is 0. The third-order valence-electron chi connectivity index (χ3n) is 18.1. The first-order valence-electron chi connectivity index (χ1n) is 31.2. The number of allylic oxidation sites excluding steroid dienone is 2. The number of nitriles is 1. The van der Waals surface area contributed by atoms with Crippen molar-refractivity contribution in [2.24, 2.45) is 9.98 Å². The van der Waals surface area contributed by atoms with Gasteiger partial charge in [0.05, 0.1) is 67.4 Å². The molecule has 0 amide bonds. The van der Waals surface area contributed by atoms with Crippen LogP contribution in [0.2, 0.25) is 0 Å². The first-order valence-corrected chi connectivity index (χ1v) is 31.2. The van der Waals surface area contributed by atoms with Gasteiger partial charge in [0.2, 0.25) is 0 Å². The third kappa shape index (κ3) is 10.5. The van der Waals surface area contributed by atoms with Crippen molar-refractivity contribution >= 4 is 78.6 Å². The molecule has 0 fully saturated rings. The standard InChI is InChI=1S/C83H51F6N7/c84-82(85,86)69-22-13-23-70(83(87,88)89)80(69)67-32-33-75(95-76-46-55(59-34-38-91-71(42-59)51-14-5-1-6-15-51)24-28-63(76)64-29-25-56(47-77(64)95)60-35-39-92-72(43-60)52-16-7-2-8-17-52)68(50-90)81(67)96-78-48-57(61-36-40-93-73(44-61)53-18-9-3-10-19-53)26-30-65(78)66-31-27-58(49-79(66)96)62-37-41-94-74(45-62)54-20-11-4-12-21-54/h1-35,38-49H,36-37H2. The Kier molecular flexibility index (Phi) is 14.5. The van der Waals surface area contributed by atoms with Crippen molar-refractivity contribution in [3.8, 4) is 73.3 Å². The van der Waals surface area contributed by atoms with Crippen LogP contribution < -0.4 is 10.4 Å². The van der Waals surface area contributed by atoms with Crippen LogP contribution in [0.15, 0.2) is 283 Å². The Labute approximate surface area is 546 Å². The Bertz CT molecular complexity index is 5480. The summed E-state index contributed by atoms with van der Waals surface area (Å²) in [4.78, 5) is 19.0. The minimum atomic E-state index is -5.30. The Morgan fingerprint density at radius 2 is 0.781 bits per heavy atom. The van der Waals surface area contributed by atoms with E-state index < -0.39 is 34.6 Å². The molecule has 0 spiro atoms. The lowest BCUT2D eigenvalue weighted by Gasteiger charge is -2.24. The number of halogens is 6. The van der Waals surface area contributed by atoms with Crippen LogP contribution in [-0.4, -0.2) is 31.5 Å². The van der Waals surface area contributed by atoms with Gasteiger partial charge in [-0.05, 0) is 123 Å². The molecule has 16 rings (SSSR count). The van der Waals surface area contributed by atoms with Crippen LogP contribution in [0.4, 0.5) is 26.3 Å². The molecule has 13 heteroatoms. The Morgan fingerprint density at radius 3 is 1.21 bits per heavy atom. The van der Waals surface area contributed by atoms with Gasteiger partial charge in [0.25, 0.3) is 0 Å². The maximum absolute atomic E-state index is 16.1. The van der Waals surface area contributed by atoms with Gasteiger partial charge in [0.1, 0.15) is 11.6 Å². The molecule has 2 aliphatic heterocycles. The van der Waals surface area contributed by atoms with Crippen LogP contribution >= 0.6 is 0 Å². The lowest BCUT2D eigenvalue weighted by atomic mass is 9.90. The van der Waals surface area contributed by atoms with Gasteiger partial charge < -0.3 is 9.13 Å². The van der Waals surface area contributed by atoms with E-state index in [0.717, 1.165) is 94.3 Å². The topological polar surface area (TPSA) is 84.1 Å². The summed E-state index contributed by atoms with van der Waals surface area (Å²) >= 11 is 0. The predicted molar refractivity (Wildman–Crippen MR) is 374 cm³/mol. The number of fused-ring (bicyclic) bond motifs is 6. The molecule has 10 aromatic carbocycles. The minimum absolute atomic E-state index is 0.191. The number of alkyl halides is 6. The number of nitrogens with zero attached hydrogens (tertiary/aromatic N) is 7. The van der Waals surface area contributed by atoms with Crippen molar-refractivity contribution in [3.63, 3.8) is 0 Å². The zero-order valence-electron chi connectivity index (χ0n) is 50.9. The lowest BCUT2D eigenvalue weighted by Crippen LogP contribution is -2.16. The van der Waals surface area contributed by atoms with E-state index in [1.807, 2.05) is 248 Å². The number of pyridine rings is 2. The highest BCUT2D eigenvalue weighted by molar-refractivity contribution is 6.13. The van der Waals surface area contributed by atoms with Crippen molar-refractivity contribution in [1.82, 2.24) is 19.1 Å². The SMILES string of the molecule is N#Cc1c(-n2c3cc(-c4ccnc(-c5ccccc5)c4)ccc3c3ccc(-c4ccnc(-c5ccccc5)c4)cc32)ccc(-c2c(C(F)(F)F)cccc2C(F)(F)F)c1-n1c2cc(=C3C=C(c4ccccc4)N=CC3)ccc2c2ccc(=C3C=C(c4ccccc4)N=CC3)cc21. The summed E-state index contributed by atoms with van der Waals surface area (Å²) in [6, 6.07) is 78.0. The average molecular weight is 1260 g/mol. The van der Waals surface area contributed by atoms with Crippen molar-refractivity contribution < 1.29 is 26.3 Å². The Balaban J connectivity index is 1.05. The summed E-state index contributed by atoms with van der Waals surface area (Å²) in [6.07, 6.45) is 1.36. The summed E-state index contributed by atoms with van der Waals surface area (Å²) in [6.45, 7) is 0.